The number of ketones is 1. The number of anilines is 1. The molecular formula is C32H39NO4. The average molecular weight is 502 g/mol. The number of benzene rings is 2. The molecule has 5 atom stereocenters. The van der Waals surface area contributed by atoms with E-state index in [-0.39, 0.29) is 17.4 Å². The molecule has 2 fully saturated rings. The smallest absolute Gasteiger partial charge is 0.414 e. The number of methoxy groups -OCH3 is 1. The van der Waals surface area contributed by atoms with Crippen molar-refractivity contribution < 1.29 is 19.1 Å². The van der Waals surface area contributed by atoms with Crippen molar-refractivity contribution in [3.05, 3.63) is 58.7 Å². The Morgan fingerprint density at radius 3 is 2.62 bits per heavy atom. The molecule has 196 valence electrons. The molecule has 0 radical (unpaired) electrons. The molecule has 2 aromatic carbocycles. The third-order valence-electron chi connectivity index (χ3n) is 9.71. The Labute approximate surface area is 220 Å². The Morgan fingerprint density at radius 1 is 1.05 bits per heavy atom. The normalized spacial score (nSPS) is 30.3. The summed E-state index contributed by atoms with van der Waals surface area (Å²) in [7, 11) is 1.73. The molecule has 1 aliphatic heterocycles. The number of aryl methyl sites for hydroxylation is 1. The molecule has 0 aromatic heterocycles. The highest BCUT2D eigenvalue weighted by Gasteiger charge is 2.58. The highest BCUT2D eigenvalue weighted by Crippen LogP contribution is 2.63. The second-order valence-electron chi connectivity index (χ2n) is 12.8. The molecule has 3 aliphatic carbocycles. The van der Waals surface area contributed by atoms with Crippen LogP contribution in [0.1, 0.15) is 87.5 Å². The minimum absolute atomic E-state index is 0.163. The predicted octanol–water partition coefficient (Wildman–Crippen LogP) is 6.81. The van der Waals surface area contributed by atoms with Crippen molar-refractivity contribution in [2.75, 3.05) is 18.6 Å². The van der Waals surface area contributed by atoms with Gasteiger partial charge in [-0.1, -0.05) is 31.2 Å². The maximum atomic E-state index is 14.2. The first-order chi connectivity index (χ1) is 17.6. The van der Waals surface area contributed by atoms with Gasteiger partial charge < -0.3 is 9.47 Å². The Kier molecular flexibility index (Phi) is 5.70. The van der Waals surface area contributed by atoms with Gasteiger partial charge in [-0.3, -0.25) is 9.69 Å². The van der Waals surface area contributed by atoms with E-state index in [4.69, 9.17) is 9.47 Å². The summed E-state index contributed by atoms with van der Waals surface area (Å²) in [6.45, 7) is 8.53. The van der Waals surface area contributed by atoms with Crippen LogP contribution in [0, 0.1) is 17.3 Å². The first-order valence-corrected chi connectivity index (χ1v) is 13.9. The molecule has 6 rings (SSSR count). The molecule has 2 aromatic rings. The topological polar surface area (TPSA) is 55.8 Å². The maximum absolute atomic E-state index is 14.2. The van der Waals surface area contributed by atoms with E-state index in [2.05, 4.69) is 43.3 Å². The quantitative estimate of drug-likeness (QED) is 0.453. The van der Waals surface area contributed by atoms with E-state index in [1.165, 1.54) is 11.1 Å². The van der Waals surface area contributed by atoms with E-state index < -0.39 is 5.60 Å². The first kappa shape index (κ1) is 24.5. The standard InChI is InChI=1S/C32H39NO4/c1-31(2,3)37-30(35)33-16-14-19-7-6-8-25(28(19)33)26-18-27-24-11-9-20-17-21(36-5)10-12-22(20)23(24)13-15-32(27,4)29(26)34/h6-8,10,12,17,23-24,26-27H,9,11,13-16,18H2,1-5H3/t23-,24-,26?,27+,32+/m1/s1. The van der Waals surface area contributed by atoms with Gasteiger partial charge in [0.15, 0.2) is 0 Å². The molecule has 1 heterocycles. The fourth-order valence-corrected chi connectivity index (χ4v) is 8.04. The van der Waals surface area contributed by atoms with Gasteiger partial charge in [-0.2, -0.15) is 0 Å². The Morgan fingerprint density at radius 2 is 1.86 bits per heavy atom. The molecule has 1 unspecified atom stereocenters. The number of carbonyl (C=O) groups is 2. The zero-order valence-electron chi connectivity index (χ0n) is 22.8. The predicted molar refractivity (Wildman–Crippen MR) is 144 cm³/mol. The van der Waals surface area contributed by atoms with Gasteiger partial charge in [0.05, 0.1) is 12.8 Å². The SMILES string of the molecule is COc1ccc2c(c1)CC[C@@H]1[C@@H]2CC[C@]2(C)C(=O)C(c3cccc4c3N(C(=O)OC(C)(C)C)CC4)C[C@@H]12. The van der Waals surface area contributed by atoms with Crippen LogP contribution in [0.3, 0.4) is 0 Å². The van der Waals surface area contributed by atoms with Crippen LogP contribution in [0.5, 0.6) is 5.75 Å². The highest BCUT2D eigenvalue weighted by molar-refractivity contribution is 5.98. The number of carbonyl (C=O) groups excluding carboxylic acids is 2. The summed E-state index contributed by atoms with van der Waals surface area (Å²) in [4.78, 5) is 29.1. The zero-order valence-corrected chi connectivity index (χ0v) is 22.8. The van der Waals surface area contributed by atoms with Crippen molar-refractivity contribution in [2.24, 2.45) is 17.3 Å². The van der Waals surface area contributed by atoms with Crippen molar-refractivity contribution in [1.82, 2.24) is 0 Å². The Bertz CT molecular complexity index is 1260. The van der Waals surface area contributed by atoms with Gasteiger partial charge in [-0.25, -0.2) is 4.79 Å². The van der Waals surface area contributed by atoms with Gasteiger partial charge in [0.25, 0.3) is 0 Å². The molecular weight excluding hydrogens is 462 g/mol. The van der Waals surface area contributed by atoms with Crippen molar-refractivity contribution in [1.29, 1.82) is 0 Å². The fourth-order valence-electron chi connectivity index (χ4n) is 8.04. The molecule has 0 N–H and O–H groups in total. The van der Waals surface area contributed by atoms with Gasteiger partial charge in [0, 0.05) is 17.9 Å². The summed E-state index contributed by atoms with van der Waals surface area (Å²) < 4.78 is 11.2. The third kappa shape index (κ3) is 3.88. The van der Waals surface area contributed by atoms with Crippen LogP contribution in [-0.2, 0) is 22.4 Å². The lowest BCUT2D eigenvalue weighted by atomic mass is 9.55. The minimum Gasteiger partial charge on any atom is -0.497 e. The molecule has 0 saturated heterocycles. The van der Waals surface area contributed by atoms with E-state index in [0.717, 1.165) is 61.1 Å². The molecule has 2 saturated carbocycles. The van der Waals surface area contributed by atoms with Gasteiger partial charge in [0.1, 0.15) is 17.1 Å². The zero-order chi connectivity index (χ0) is 26.1. The van der Waals surface area contributed by atoms with Gasteiger partial charge >= 0.3 is 6.09 Å². The first-order valence-electron chi connectivity index (χ1n) is 13.9. The van der Waals surface area contributed by atoms with Crippen molar-refractivity contribution in [2.45, 2.75) is 83.7 Å². The third-order valence-corrected chi connectivity index (χ3v) is 9.71. The number of nitrogens with zero attached hydrogens (tertiary/aromatic N) is 1. The van der Waals surface area contributed by atoms with Crippen LogP contribution >= 0.6 is 0 Å². The molecule has 37 heavy (non-hydrogen) atoms. The number of hydrogen-bond donors (Lipinski definition) is 0. The second-order valence-corrected chi connectivity index (χ2v) is 12.8. The number of amides is 1. The van der Waals surface area contributed by atoms with Crippen LogP contribution in [0.4, 0.5) is 10.5 Å². The summed E-state index contributed by atoms with van der Waals surface area (Å²) in [6.07, 6.45) is 5.54. The minimum atomic E-state index is -0.559. The molecule has 0 spiro atoms. The number of Topliss-reactive ketones (excluding diaryl/α,β-unsaturated/α-hetero) is 1. The summed E-state index contributed by atoms with van der Waals surface area (Å²) in [5, 5.41) is 0. The Hall–Kier alpha value is -2.82. The largest absolute Gasteiger partial charge is 0.497 e. The summed E-state index contributed by atoms with van der Waals surface area (Å²) >= 11 is 0. The van der Waals surface area contributed by atoms with Crippen LogP contribution in [-0.4, -0.2) is 31.1 Å². The number of hydrogen-bond acceptors (Lipinski definition) is 4. The Balaban J connectivity index is 1.33. The number of para-hydroxylation sites is 1. The average Bonchev–Trinajstić information content (AvgIpc) is 3.41. The van der Waals surface area contributed by atoms with Crippen LogP contribution in [0.2, 0.25) is 0 Å². The monoisotopic (exact) mass is 501 g/mol. The van der Waals surface area contributed by atoms with Crippen molar-refractivity contribution in [3.63, 3.8) is 0 Å². The number of ether oxygens (including phenoxy) is 2. The van der Waals surface area contributed by atoms with Crippen molar-refractivity contribution >= 4 is 17.6 Å². The van der Waals surface area contributed by atoms with E-state index in [1.807, 2.05) is 20.8 Å². The lowest BCUT2D eigenvalue weighted by molar-refractivity contribution is -0.130. The fraction of sp³-hybridized carbons (Fsp3) is 0.562. The molecule has 1 amide bonds. The summed E-state index contributed by atoms with van der Waals surface area (Å²) in [5.74, 6) is 2.55. The maximum Gasteiger partial charge on any atom is 0.414 e. The van der Waals surface area contributed by atoms with E-state index in [0.29, 0.717) is 30.1 Å². The van der Waals surface area contributed by atoms with E-state index >= 15 is 0 Å². The molecule has 4 aliphatic rings. The molecule has 0 bridgehead atoms. The second kappa shape index (κ2) is 8.61. The van der Waals surface area contributed by atoms with E-state index in [9.17, 15) is 9.59 Å². The van der Waals surface area contributed by atoms with Gasteiger partial charge in [0.2, 0.25) is 0 Å². The van der Waals surface area contributed by atoms with Crippen molar-refractivity contribution in [3.8, 4) is 5.75 Å². The van der Waals surface area contributed by atoms with E-state index in [1.54, 1.807) is 12.0 Å². The highest BCUT2D eigenvalue weighted by atomic mass is 16.6. The van der Waals surface area contributed by atoms with Crippen LogP contribution in [0.25, 0.3) is 0 Å². The summed E-state index contributed by atoms with van der Waals surface area (Å²) in [6, 6.07) is 12.8. The lowest BCUT2D eigenvalue weighted by Crippen LogP contribution is -2.42. The molecule has 5 heteroatoms. The number of rotatable bonds is 2. The molecule has 5 nitrogen and oxygen atoms in total. The van der Waals surface area contributed by atoms with Crippen LogP contribution in [0.15, 0.2) is 36.4 Å². The summed E-state index contributed by atoms with van der Waals surface area (Å²) in [5.41, 5.74) is 5.12. The lowest BCUT2D eigenvalue weighted by Gasteiger charge is -2.48. The van der Waals surface area contributed by atoms with Gasteiger partial charge in [-0.05, 0) is 111 Å². The number of fused-ring (bicyclic) bond motifs is 6. The van der Waals surface area contributed by atoms with Gasteiger partial charge in [-0.15, -0.1) is 0 Å². The van der Waals surface area contributed by atoms with Crippen LogP contribution < -0.4 is 9.64 Å².